The Morgan fingerprint density at radius 3 is 2.41 bits per heavy atom. The molecule has 0 aromatic rings. The summed E-state index contributed by atoms with van der Waals surface area (Å²) in [4.78, 5) is 13.9. The van der Waals surface area contributed by atoms with Gasteiger partial charge in [-0.2, -0.15) is 5.26 Å². The summed E-state index contributed by atoms with van der Waals surface area (Å²) >= 11 is 0. The third kappa shape index (κ3) is 3.44. The first-order chi connectivity index (χ1) is 8.16. The zero-order valence-corrected chi connectivity index (χ0v) is 10.6. The molecular formula is C13H22N2O2. The van der Waals surface area contributed by atoms with Crippen molar-refractivity contribution in [2.45, 2.75) is 44.9 Å². The van der Waals surface area contributed by atoms with Crippen molar-refractivity contribution in [1.82, 2.24) is 4.90 Å². The van der Waals surface area contributed by atoms with Gasteiger partial charge in [0.1, 0.15) is 5.41 Å². The van der Waals surface area contributed by atoms with Gasteiger partial charge in [0.25, 0.3) is 0 Å². The van der Waals surface area contributed by atoms with Crippen molar-refractivity contribution >= 4 is 5.91 Å². The van der Waals surface area contributed by atoms with E-state index in [-0.39, 0.29) is 12.5 Å². The Bertz CT molecular complexity index is 288. The zero-order valence-electron chi connectivity index (χ0n) is 10.6. The van der Waals surface area contributed by atoms with Crippen LogP contribution in [0.25, 0.3) is 0 Å². The van der Waals surface area contributed by atoms with Crippen LogP contribution < -0.4 is 0 Å². The number of hydrogen-bond acceptors (Lipinski definition) is 3. The number of rotatable bonds is 4. The van der Waals surface area contributed by atoms with Gasteiger partial charge in [0.05, 0.1) is 6.07 Å². The van der Waals surface area contributed by atoms with Crippen LogP contribution in [-0.2, 0) is 4.79 Å². The number of aliphatic hydroxyl groups excluding tert-OH is 1. The number of hydrogen-bond donors (Lipinski definition) is 1. The van der Waals surface area contributed by atoms with E-state index in [0.717, 1.165) is 25.7 Å². The molecule has 1 aliphatic rings. The standard InChI is InChI=1S/C13H22N2O2/c1-15(9-6-10-16)12(17)13(11-14)7-4-2-3-5-8-13/h16H,2-10H2,1H3. The van der Waals surface area contributed by atoms with E-state index in [1.54, 1.807) is 11.9 Å². The van der Waals surface area contributed by atoms with Crippen LogP contribution in [0, 0.1) is 16.7 Å². The van der Waals surface area contributed by atoms with Gasteiger partial charge in [0.15, 0.2) is 0 Å². The largest absolute Gasteiger partial charge is 0.396 e. The molecule has 0 radical (unpaired) electrons. The molecule has 0 atom stereocenters. The maximum Gasteiger partial charge on any atom is 0.242 e. The van der Waals surface area contributed by atoms with Crippen molar-refractivity contribution in [3.05, 3.63) is 0 Å². The highest BCUT2D eigenvalue weighted by molar-refractivity contribution is 5.85. The molecule has 1 amide bonds. The molecule has 0 aromatic heterocycles. The molecule has 1 N–H and O–H groups in total. The maximum atomic E-state index is 12.3. The number of nitriles is 1. The van der Waals surface area contributed by atoms with Gasteiger partial charge in [-0.25, -0.2) is 0 Å². The number of nitrogens with zero attached hydrogens (tertiary/aromatic N) is 2. The smallest absolute Gasteiger partial charge is 0.242 e. The quantitative estimate of drug-likeness (QED) is 0.758. The first-order valence-electron chi connectivity index (χ1n) is 6.44. The molecule has 0 unspecified atom stereocenters. The molecule has 0 saturated heterocycles. The van der Waals surface area contributed by atoms with E-state index in [0.29, 0.717) is 25.8 Å². The fourth-order valence-electron chi connectivity index (χ4n) is 2.48. The molecule has 96 valence electrons. The van der Waals surface area contributed by atoms with Gasteiger partial charge >= 0.3 is 0 Å². The highest BCUT2D eigenvalue weighted by Gasteiger charge is 2.40. The average molecular weight is 238 g/mol. The van der Waals surface area contributed by atoms with E-state index in [9.17, 15) is 10.1 Å². The molecule has 0 aromatic carbocycles. The van der Waals surface area contributed by atoms with Gasteiger partial charge in [0.2, 0.25) is 5.91 Å². The molecule has 1 aliphatic carbocycles. The van der Waals surface area contributed by atoms with Crippen LogP contribution in [0.1, 0.15) is 44.9 Å². The minimum absolute atomic E-state index is 0.0599. The predicted octanol–water partition coefficient (Wildman–Crippen LogP) is 1.69. The molecule has 4 heteroatoms. The van der Waals surface area contributed by atoms with Crippen molar-refractivity contribution in [3.8, 4) is 6.07 Å². The number of aliphatic hydroxyl groups is 1. The van der Waals surface area contributed by atoms with Crippen LogP contribution in [0.15, 0.2) is 0 Å². The number of carbonyl (C=O) groups is 1. The molecule has 1 saturated carbocycles. The molecule has 0 aliphatic heterocycles. The highest BCUT2D eigenvalue weighted by atomic mass is 16.3. The molecule has 0 heterocycles. The first kappa shape index (κ1) is 14.0. The Morgan fingerprint density at radius 2 is 1.94 bits per heavy atom. The van der Waals surface area contributed by atoms with Crippen LogP contribution in [-0.4, -0.2) is 36.1 Å². The lowest BCUT2D eigenvalue weighted by molar-refractivity contribution is -0.138. The second-order valence-electron chi connectivity index (χ2n) is 4.91. The van der Waals surface area contributed by atoms with E-state index < -0.39 is 5.41 Å². The summed E-state index contributed by atoms with van der Waals surface area (Å²) in [7, 11) is 1.72. The van der Waals surface area contributed by atoms with Crippen molar-refractivity contribution in [3.63, 3.8) is 0 Å². The Labute approximate surface area is 103 Å². The Balaban J connectivity index is 2.70. The maximum absolute atomic E-state index is 12.3. The van der Waals surface area contributed by atoms with Crippen molar-refractivity contribution in [2.75, 3.05) is 20.2 Å². The second-order valence-corrected chi connectivity index (χ2v) is 4.91. The van der Waals surface area contributed by atoms with Gasteiger partial charge in [-0.15, -0.1) is 0 Å². The monoisotopic (exact) mass is 238 g/mol. The Kier molecular flexibility index (Phi) is 5.43. The fraction of sp³-hybridized carbons (Fsp3) is 0.846. The molecule has 0 spiro atoms. The Hall–Kier alpha value is -1.08. The van der Waals surface area contributed by atoms with E-state index in [4.69, 9.17) is 5.11 Å². The van der Waals surface area contributed by atoms with Gasteiger partial charge in [-0.05, 0) is 19.3 Å². The van der Waals surface area contributed by atoms with Crippen molar-refractivity contribution in [1.29, 1.82) is 5.26 Å². The number of amides is 1. The molecule has 0 bridgehead atoms. The third-order valence-corrected chi connectivity index (χ3v) is 3.58. The van der Waals surface area contributed by atoms with Crippen molar-refractivity contribution in [2.24, 2.45) is 5.41 Å². The zero-order chi connectivity index (χ0) is 12.7. The second kappa shape index (κ2) is 6.61. The predicted molar refractivity (Wildman–Crippen MR) is 65.1 cm³/mol. The van der Waals surface area contributed by atoms with E-state index >= 15 is 0 Å². The van der Waals surface area contributed by atoms with Crippen molar-refractivity contribution < 1.29 is 9.90 Å². The SMILES string of the molecule is CN(CCCO)C(=O)C1(C#N)CCCCCC1. The van der Waals surface area contributed by atoms with Gasteiger partial charge < -0.3 is 10.0 Å². The van der Waals surface area contributed by atoms with Crippen LogP contribution >= 0.6 is 0 Å². The summed E-state index contributed by atoms with van der Waals surface area (Å²) in [6.45, 7) is 0.607. The molecule has 1 rings (SSSR count). The lowest BCUT2D eigenvalue weighted by Gasteiger charge is -2.29. The van der Waals surface area contributed by atoms with Gasteiger partial charge in [0, 0.05) is 20.2 Å². The topological polar surface area (TPSA) is 64.3 Å². The molecule has 17 heavy (non-hydrogen) atoms. The van der Waals surface area contributed by atoms with Crippen LogP contribution in [0.5, 0.6) is 0 Å². The van der Waals surface area contributed by atoms with Crippen LogP contribution in [0.2, 0.25) is 0 Å². The van der Waals surface area contributed by atoms with Crippen LogP contribution in [0.3, 0.4) is 0 Å². The molecule has 4 nitrogen and oxygen atoms in total. The van der Waals surface area contributed by atoms with Gasteiger partial charge in [-0.3, -0.25) is 4.79 Å². The summed E-state index contributed by atoms with van der Waals surface area (Å²) in [6.07, 6.45) is 6.12. The average Bonchev–Trinajstić information content (AvgIpc) is 2.61. The van der Waals surface area contributed by atoms with E-state index in [1.165, 1.54) is 0 Å². The molecular weight excluding hydrogens is 216 g/mol. The summed E-state index contributed by atoms with van der Waals surface area (Å²) in [5.41, 5.74) is -0.805. The van der Waals surface area contributed by atoms with Crippen LogP contribution in [0.4, 0.5) is 0 Å². The lowest BCUT2D eigenvalue weighted by Crippen LogP contribution is -2.41. The van der Waals surface area contributed by atoms with Gasteiger partial charge in [-0.1, -0.05) is 25.7 Å². The Morgan fingerprint density at radius 1 is 1.35 bits per heavy atom. The first-order valence-corrected chi connectivity index (χ1v) is 6.44. The fourth-order valence-corrected chi connectivity index (χ4v) is 2.48. The normalized spacial score (nSPS) is 19.1. The highest BCUT2D eigenvalue weighted by Crippen LogP contribution is 2.36. The third-order valence-electron chi connectivity index (χ3n) is 3.58. The minimum Gasteiger partial charge on any atom is -0.396 e. The summed E-state index contributed by atoms with van der Waals surface area (Å²) < 4.78 is 0. The van der Waals surface area contributed by atoms with E-state index in [1.807, 2.05) is 0 Å². The minimum atomic E-state index is -0.805. The summed E-state index contributed by atoms with van der Waals surface area (Å²) in [6, 6.07) is 2.26. The molecule has 1 fully saturated rings. The summed E-state index contributed by atoms with van der Waals surface area (Å²) in [5.74, 6) is -0.0599. The number of carbonyl (C=O) groups excluding carboxylic acids is 1. The van der Waals surface area contributed by atoms with E-state index in [2.05, 4.69) is 6.07 Å². The lowest BCUT2D eigenvalue weighted by atomic mass is 9.80. The summed E-state index contributed by atoms with van der Waals surface area (Å²) in [5, 5.41) is 18.1.